The highest BCUT2D eigenvalue weighted by Crippen LogP contribution is 2.24. The van der Waals surface area contributed by atoms with E-state index in [1.807, 2.05) is 6.92 Å². The third-order valence-electron chi connectivity index (χ3n) is 3.22. The SMILES string of the molecule is Cc1nnsc1C(=O)NCC1(C)CCCNC1. The summed E-state index contributed by atoms with van der Waals surface area (Å²) >= 11 is 1.15. The number of hydrogen-bond donors (Lipinski definition) is 2. The molecule has 0 aliphatic carbocycles. The van der Waals surface area contributed by atoms with Gasteiger partial charge in [-0.1, -0.05) is 11.4 Å². The van der Waals surface area contributed by atoms with E-state index >= 15 is 0 Å². The van der Waals surface area contributed by atoms with Gasteiger partial charge in [0.15, 0.2) is 0 Å². The van der Waals surface area contributed by atoms with Crippen LogP contribution >= 0.6 is 11.5 Å². The fourth-order valence-corrected chi connectivity index (χ4v) is 2.66. The summed E-state index contributed by atoms with van der Waals surface area (Å²) in [6.45, 7) is 6.77. The Balaban J connectivity index is 1.90. The van der Waals surface area contributed by atoms with Crippen molar-refractivity contribution in [3.05, 3.63) is 10.6 Å². The second kappa shape index (κ2) is 5.10. The van der Waals surface area contributed by atoms with Gasteiger partial charge in [-0.3, -0.25) is 4.79 Å². The number of rotatable bonds is 3. The van der Waals surface area contributed by atoms with Crippen molar-refractivity contribution in [3.63, 3.8) is 0 Å². The molecule has 5 nitrogen and oxygen atoms in total. The first-order chi connectivity index (χ1) is 8.11. The molecule has 1 aromatic rings. The molecule has 0 saturated carbocycles. The zero-order valence-corrected chi connectivity index (χ0v) is 11.1. The molecule has 1 aromatic heterocycles. The van der Waals surface area contributed by atoms with Crippen LogP contribution in [0.5, 0.6) is 0 Å². The summed E-state index contributed by atoms with van der Waals surface area (Å²) in [6.07, 6.45) is 2.33. The molecule has 1 amide bonds. The number of carbonyl (C=O) groups is 1. The van der Waals surface area contributed by atoms with Crippen LogP contribution in [0.4, 0.5) is 0 Å². The van der Waals surface area contributed by atoms with Gasteiger partial charge in [0.05, 0.1) is 5.69 Å². The van der Waals surface area contributed by atoms with E-state index in [2.05, 4.69) is 27.1 Å². The minimum absolute atomic E-state index is 0.0516. The highest BCUT2D eigenvalue weighted by atomic mass is 32.1. The van der Waals surface area contributed by atoms with Crippen LogP contribution in [-0.4, -0.2) is 35.1 Å². The molecule has 1 fully saturated rings. The van der Waals surface area contributed by atoms with Crippen LogP contribution in [-0.2, 0) is 0 Å². The lowest BCUT2D eigenvalue weighted by molar-refractivity contribution is 0.0928. The molecule has 1 unspecified atom stereocenters. The lowest BCUT2D eigenvalue weighted by Gasteiger charge is -2.34. The van der Waals surface area contributed by atoms with Crippen molar-refractivity contribution in [2.24, 2.45) is 5.41 Å². The molecule has 1 aliphatic rings. The summed E-state index contributed by atoms with van der Waals surface area (Å²) in [6, 6.07) is 0. The van der Waals surface area contributed by atoms with E-state index in [4.69, 9.17) is 0 Å². The predicted octanol–water partition coefficient (Wildman–Crippen LogP) is 0.966. The lowest BCUT2D eigenvalue weighted by Crippen LogP contribution is -2.45. The Bertz CT molecular complexity index is 398. The van der Waals surface area contributed by atoms with Crippen molar-refractivity contribution in [2.45, 2.75) is 26.7 Å². The van der Waals surface area contributed by atoms with Gasteiger partial charge < -0.3 is 10.6 Å². The number of piperidine rings is 1. The Morgan fingerprint density at radius 3 is 3.06 bits per heavy atom. The summed E-state index contributed by atoms with van der Waals surface area (Å²) in [5.41, 5.74) is 0.874. The molecule has 1 atom stereocenters. The lowest BCUT2D eigenvalue weighted by atomic mass is 9.83. The zero-order valence-electron chi connectivity index (χ0n) is 10.2. The van der Waals surface area contributed by atoms with Gasteiger partial charge in [-0.15, -0.1) is 5.10 Å². The molecule has 17 heavy (non-hydrogen) atoms. The number of amides is 1. The van der Waals surface area contributed by atoms with E-state index in [1.54, 1.807) is 0 Å². The van der Waals surface area contributed by atoms with Gasteiger partial charge in [0.1, 0.15) is 4.88 Å². The molecule has 2 N–H and O–H groups in total. The van der Waals surface area contributed by atoms with E-state index in [0.29, 0.717) is 17.1 Å². The average molecular weight is 254 g/mol. The molecule has 0 bridgehead atoms. The molecule has 0 radical (unpaired) electrons. The number of nitrogens with one attached hydrogen (secondary N) is 2. The smallest absolute Gasteiger partial charge is 0.264 e. The largest absolute Gasteiger partial charge is 0.351 e. The minimum atomic E-state index is -0.0516. The molecule has 94 valence electrons. The van der Waals surface area contributed by atoms with Crippen molar-refractivity contribution in [1.29, 1.82) is 0 Å². The first-order valence-corrected chi connectivity index (χ1v) is 6.66. The monoisotopic (exact) mass is 254 g/mol. The van der Waals surface area contributed by atoms with Crippen LogP contribution < -0.4 is 10.6 Å². The van der Waals surface area contributed by atoms with Gasteiger partial charge >= 0.3 is 0 Å². The maximum absolute atomic E-state index is 11.9. The number of carbonyl (C=O) groups excluding carboxylic acids is 1. The highest BCUT2D eigenvalue weighted by molar-refractivity contribution is 7.07. The topological polar surface area (TPSA) is 66.9 Å². The number of aromatic nitrogens is 2. The Kier molecular flexibility index (Phi) is 3.73. The first kappa shape index (κ1) is 12.4. The van der Waals surface area contributed by atoms with Crippen LogP contribution in [0.2, 0.25) is 0 Å². The molecule has 1 aliphatic heterocycles. The second-order valence-electron chi connectivity index (χ2n) is 4.96. The summed E-state index contributed by atoms with van der Waals surface area (Å²) in [7, 11) is 0. The Hall–Kier alpha value is -1.01. The molecule has 6 heteroatoms. The minimum Gasteiger partial charge on any atom is -0.351 e. The predicted molar refractivity (Wildman–Crippen MR) is 67.2 cm³/mol. The summed E-state index contributed by atoms with van der Waals surface area (Å²) in [5.74, 6) is -0.0516. The Labute approximate surface area is 105 Å². The molecule has 2 heterocycles. The highest BCUT2D eigenvalue weighted by Gasteiger charge is 2.27. The molecule has 0 aromatic carbocycles. The van der Waals surface area contributed by atoms with E-state index in [0.717, 1.165) is 31.0 Å². The normalized spacial score (nSPS) is 24.6. The number of nitrogens with zero attached hydrogens (tertiary/aromatic N) is 2. The van der Waals surface area contributed by atoms with E-state index in [-0.39, 0.29) is 11.3 Å². The van der Waals surface area contributed by atoms with Crippen LogP contribution in [0, 0.1) is 12.3 Å². The fourth-order valence-electron chi connectivity index (χ4n) is 2.08. The van der Waals surface area contributed by atoms with Gasteiger partial charge in [0, 0.05) is 13.1 Å². The quantitative estimate of drug-likeness (QED) is 0.843. The van der Waals surface area contributed by atoms with Crippen molar-refractivity contribution >= 4 is 17.4 Å². The van der Waals surface area contributed by atoms with E-state index < -0.39 is 0 Å². The van der Waals surface area contributed by atoms with Gasteiger partial charge in [0.2, 0.25) is 0 Å². The average Bonchev–Trinajstić information content (AvgIpc) is 2.74. The van der Waals surface area contributed by atoms with Gasteiger partial charge in [0.25, 0.3) is 5.91 Å². The van der Waals surface area contributed by atoms with Crippen molar-refractivity contribution in [2.75, 3.05) is 19.6 Å². The number of aryl methyl sites for hydroxylation is 1. The van der Waals surface area contributed by atoms with Crippen LogP contribution in [0.3, 0.4) is 0 Å². The molecule has 0 spiro atoms. The van der Waals surface area contributed by atoms with Gasteiger partial charge in [-0.2, -0.15) is 0 Å². The molecule has 1 saturated heterocycles. The van der Waals surface area contributed by atoms with Crippen LogP contribution in [0.25, 0.3) is 0 Å². The summed E-state index contributed by atoms with van der Waals surface area (Å²) in [5, 5.41) is 10.2. The van der Waals surface area contributed by atoms with Crippen LogP contribution in [0.1, 0.15) is 35.1 Å². The van der Waals surface area contributed by atoms with Crippen molar-refractivity contribution < 1.29 is 4.79 Å². The summed E-state index contributed by atoms with van der Waals surface area (Å²) in [4.78, 5) is 12.5. The standard InChI is InChI=1S/C11H18N4OS/c1-8-9(17-15-14-8)10(16)13-7-11(2)4-3-5-12-6-11/h12H,3-7H2,1-2H3,(H,13,16). The van der Waals surface area contributed by atoms with Gasteiger partial charge in [-0.05, 0) is 43.3 Å². The Morgan fingerprint density at radius 2 is 2.47 bits per heavy atom. The molecular formula is C11H18N4OS. The van der Waals surface area contributed by atoms with Crippen molar-refractivity contribution in [3.8, 4) is 0 Å². The fraction of sp³-hybridized carbons (Fsp3) is 0.727. The molecular weight excluding hydrogens is 236 g/mol. The van der Waals surface area contributed by atoms with E-state index in [9.17, 15) is 4.79 Å². The van der Waals surface area contributed by atoms with E-state index in [1.165, 1.54) is 6.42 Å². The van der Waals surface area contributed by atoms with Crippen molar-refractivity contribution in [1.82, 2.24) is 20.2 Å². The maximum atomic E-state index is 11.9. The number of hydrogen-bond acceptors (Lipinski definition) is 5. The third kappa shape index (κ3) is 3.01. The van der Waals surface area contributed by atoms with Crippen LogP contribution in [0.15, 0.2) is 0 Å². The summed E-state index contributed by atoms with van der Waals surface area (Å²) < 4.78 is 3.77. The maximum Gasteiger partial charge on any atom is 0.264 e. The molecule has 2 rings (SSSR count). The first-order valence-electron chi connectivity index (χ1n) is 5.89. The Morgan fingerprint density at radius 1 is 1.65 bits per heavy atom. The second-order valence-corrected chi connectivity index (χ2v) is 5.72. The zero-order chi connectivity index (χ0) is 12.3. The third-order valence-corrected chi connectivity index (χ3v) is 4.05. The van der Waals surface area contributed by atoms with Gasteiger partial charge in [-0.25, -0.2) is 0 Å².